The van der Waals surface area contributed by atoms with Crippen LogP contribution in [0.2, 0.25) is 0 Å². The molecule has 2 aromatic rings. The van der Waals surface area contributed by atoms with Gasteiger partial charge in [0.1, 0.15) is 11.9 Å². The first-order valence-electron chi connectivity index (χ1n) is 11.0. The Hall–Kier alpha value is -2.90. The lowest BCUT2D eigenvalue weighted by Crippen LogP contribution is -2.61. The van der Waals surface area contributed by atoms with Crippen LogP contribution in [0.25, 0.3) is 0 Å². The monoisotopic (exact) mass is 440 g/mol. The van der Waals surface area contributed by atoms with Gasteiger partial charge in [0.05, 0.1) is 25.2 Å². The van der Waals surface area contributed by atoms with Gasteiger partial charge in [-0.2, -0.15) is 10.0 Å². The third kappa shape index (κ3) is 5.11. The molecule has 172 valence electrons. The van der Waals surface area contributed by atoms with Crippen molar-refractivity contribution in [2.24, 2.45) is 5.92 Å². The molecular formula is C25H32N2O5. The fourth-order valence-corrected chi connectivity index (χ4v) is 3.94. The molecule has 0 spiro atoms. The van der Waals surface area contributed by atoms with Gasteiger partial charge in [-0.05, 0) is 36.6 Å². The number of carbonyl (C=O) groups is 2. The van der Waals surface area contributed by atoms with Gasteiger partial charge in [-0.25, -0.2) is 4.79 Å². The molecule has 1 heterocycles. The van der Waals surface area contributed by atoms with Crippen LogP contribution in [0.1, 0.15) is 50.8 Å². The summed E-state index contributed by atoms with van der Waals surface area (Å²) in [6.07, 6.45) is -0.861. The van der Waals surface area contributed by atoms with Gasteiger partial charge in [0.15, 0.2) is 0 Å². The second-order valence-corrected chi connectivity index (χ2v) is 8.20. The van der Waals surface area contributed by atoms with Gasteiger partial charge in [-0.1, -0.05) is 62.7 Å². The summed E-state index contributed by atoms with van der Waals surface area (Å²) in [6.45, 7) is 5.85. The number of hydrogen-bond acceptors (Lipinski definition) is 6. The van der Waals surface area contributed by atoms with E-state index in [1.165, 1.54) is 0 Å². The largest absolute Gasteiger partial charge is 0.497 e. The molecule has 0 radical (unpaired) electrons. The van der Waals surface area contributed by atoms with Crippen LogP contribution in [0.3, 0.4) is 0 Å². The summed E-state index contributed by atoms with van der Waals surface area (Å²) in [5.41, 5.74) is 1.78. The van der Waals surface area contributed by atoms with Crippen molar-refractivity contribution < 1.29 is 24.2 Å². The molecule has 4 atom stereocenters. The topological polar surface area (TPSA) is 79.3 Å². The average Bonchev–Trinajstić information content (AvgIpc) is 2.81. The van der Waals surface area contributed by atoms with E-state index in [-0.39, 0.29) is 6.04 Å². The van der Waals surface area contributed by atoms with E-state index in [4.69, 9.17) is 9.47 Å². The summed E-state index contributed by atoms with van der Waals surface area (Å²) in [4.78, 5) is 26.4. The van der Waals surface area contributed by atoms with Crippen molar-refractivity contribution in [2.45, 2.75) is 58.4 Å². The van der Waals surface area contributed by atoms with E-state index >= 15 is 0 Å². The third-order valence-electron chi connectivity index (χ3n) is 5.96. The van der Waals surface area contributed by atoms with E-state index < -0.39 is 30.1 Å². The fourth-order valence-electron chi connectivity index (χ4n) is 3.94. The lowest BCUT2D eigenvalue weighted by molar-refractivity contribution is -0.177. The van der Waals surface area contributed by atoms with E-state index in [0.717, 1.165) is 28.3 Å². The first-order chi connectivity index (χ1) is 15.4. The van der Waals surface area contributed by atoms with Crippen molar-refractivity contribution in [3.8, 4) is 5.75 Å². The normalized spacial score (nSPS) is 21.0. The Morgan fingerprint density at radius 2 is 1.81 bits per heavy atom. The summed E-state index contributed by atoms with van der Waals surface area (Å²) < 4.78 is 11.0. The Balaban J connectivity index is 1.93. The number of amides is 2. The zero-order valence-corrected chi connectivity index (χ0v) is 19.1. The fraction of sp³-hybridized carbons (Fsp3) is 0.440. The molecule has 32 heavy (non-hydrogen) atoms. The molecular weight excluding hydrogens is 408 g/mol. The van der Waals surface area contributed by atoms with Gasteiger partial charge in [-0.3, -0.25) is 4.79 Å². The van der Waals surface area contributed by atoms with Crippen LogP contribution in [0.15, 0.2) is 54.6 Å². The third-order valence-corrected chi connectivity index (χ3v) is 5.96. The highest BCUT2D eigenvalue weighted by atomic mass is 16.6. The molecule has 0 bridgehead atoms. The van der Waals surface area contributed by atoms with Crippen molar-refractivity contribution in [3.63, 3.8) is 0 Å². The number of carbonyl (C=O) groups excluding carboxylic acids is 2. The molecule has 7 heteroatoms. The number of benzene rings is 2. The summed E-state index contributed by atoms with van der Waals surface area (Å²) in [5.74, 6) is -0.476. The minimum atomic E-state index is -0.828. The highest BCUT2D eigenvalue weighted by Gasteiger charge is 2.45. The van der Waals surface area contributed by atoms with Gasteiger partial charge < -0.3 is 14.6 Å². The van der Waals surface area contributed by atoms with E-state index in [9.17, 15) is 14.7 Å². The van der Waals surface area contributed by atoms with Crippen LogP contribution in [0, 0.1) is 5.92 Å². The maximum atomic E-state index is 13.3. The zero-order valence-electron chi connectivity index (χ0n) is 19.1. The Morgan fingerprint density at radius 3 is 2.41 bits per heavy atom. The second kappa shape index (κ2) is 10.6. The molecule has 0 saturated carbocycles. The molecule has 1 N–H and O–H groups in total. The number of methoxy groups -OCH3 is 1. The molecule has 1 aliphatic rings. The van der Waals surface area contributed by atoms with Crippen molar-refractivity contribution in [3.05, 3.63) is 65.7 Å². The van der Waals surface area contributed by atoms with E-state index in [1.54, 1.807) is 19.0 Å². The number of imide groups is 1. The Bertz CT molecular complexity index is 902. The number of cyclic esters (lactones) is 1. The maximum Gasteiger partial charge on any atom is 0.432 e. The van der Waals surface area contributed by atoms with E-state index in [2.05, 4.69) is 0 Å². The predicted molar refractivity (Wildman–Crippen MR) is 121 cm³/mol. The van der Waals surface area contributed by atoms with Crippen LogP contribution in [-0.2, 0) is 16.1 Å². The van der Waals surface area contributed by atoms with Crippen LogP contribution >= 0.6 is 0 Å². The molecule has 1 aliphatic heterocycles. The lowest BCUT2D eigenvalue weighted by atomic mass is 9.98. The van der Waals surface area contributed by atoms with Crippen molar-refractivity contribution >= 4 is 12.0 Å². The van der Waals surface area contributed by atoms with Crippen LogP contribution in [0.4, 0.5) is 4.79 Å². The standard InChI is InChI=1S/C25H32N2O5/c1-5-9-22(28)17(2)24(29)27-25(30)32-23(20-10-7-6-8-11-20)18(3)26(27)16-19-12-14-21(31-4)15-13-19/h6-8,10-15,17-18,22-23,28H,5,9,16H2,1-4H3/t17-,18-,22+,23-/m0/s1. The smallest absolute Gasteiger partial charge is 0.432 e. The number of nitrogens with zero attached hydrogens (tertiary/aromatic N) is 2. The Labute approximate surface area is 189 Å². The predicted octanol–water partition coefficient (Wildman–Crippen LogP) is 4.32. The molecule has 0 aromatic heterocycles. The number of rotatable bonds is 8. The summed E-state index contributed by atoms with van der Waals surface area (Å²) in [6, 6.07) is 16.7. The van der Waals surface area contributed by atoms with Gasteiger partial charge in [0, 0.05) is 6.54 Å². The first kappa shape index (κ1) is 23.8. The van der Waals surface area contributed by atoms with Gasteiger partial charge in [0.2, 0.25) is 0 Å². The quantitative estimate of drug-likeness (QED) is 0.659. The highest BCUT2D eigenvalue weighted by molar-refractivity contribution is 5.93. The van der Waals surface area contributed by atoms with Crippen molar-refractivity contribution in [2.75, 3.05) is 7.11 Å². The number of hydrazine groups is 1. The molecule has 3 rings (SSSR count). The number of ether oxygens (including phenoxy) is 2. The molecule has 2 amide bonds. The maximum absolute atomic E-state index is 13.3. The molecule has 1 saturated heterocycles. The van der Waals surface area contributed by atoms with Crippen LogP contribution in [-0.4, -0.2) is 46.4 Å². The summed E-state index contributed by atoms with van der Waals surface area (Å²) >= 11 is 0. The molecule has 0 unspecified atom stereocenters. The van der Waals surface area contributed by atoms with E-state index in [1.807, 2.05) is 68.4 Å². The van der Waals surface area contributed by atoms with Gasteiger partial charge in [-0.15, -0.1) is 0 Å². The minimum absolute atomic E-state index is 0.309. The Morgan fingerprint density at radius 1 is 1.16 bits per heavy atom. The molecule has 0 aliphatic carbocycles. The zero-order chi connectivity index (χ0) is 23.3. The van der Waals surface area contributed by atoms with Crippen molar-refractivity contribution in [1.82, 2.24) is 10.0 Å². The molecule has 1 fully saturated rings. The number of hydrogen-bond donors (Lipinski definition) is 1. The Kier molecular flexibility index (Phi) is 7.88. The van der Waals surface area contributed by atoms with Crippen molar-refractivity contribution in [1.29, 1.82) is 0 Å². The summed E-state index contributed by atoms with van der Waals surface area (Å²) in [7, 11) is 1.60. The van der Waals surface area contributed by atoms with Crippen LogP contribution in [0.5, 0.6) is 5.75 Å². The second-order valence-electron chi connectivity index (χ2n) is 8.20. The molecule has 7 nitrogen and oxygen atoms in total. The summed E-state index contributed by atoms with van der Waals surface area (Å²) in [5, 5.41) is 13.2. The highest BCUT2D eigenvalue weighted by Crippen LogP contribution is 2.34. The molecule has 2 aromatic carbocycles. The first-order valence-corrected chi connectivity index (χ1v) is 11.0. The van der Waals surface area contributed by atoms with Gasteiger partial charge >= 0.3 is 6.09 Å². The van der Waals surface area contributed by atoms with Crippen LogP contribution < -0.4 is 4.74 Å². The SMILES string of the molecule is CCC[C@@H](O)[C@H](C)C(=O)N1C(=O)O[C@H](c2ccccc2)[C@H](C)N1Cc1ccc(OC)cc1. The average molecular weight is 441 g/mol. The number of aliphatic hydroxyl groups excluding tert-OH is 1. The minimum Gasteiger partial charge on any atom is -0.497 e. The number of aliphatic hydroxyl groups is 1. The lowest BCUT2D eigenvalue weighted by Gasteiger charge is -2.45. The van der Waals surface area contributed by atoms with E-state index in [0.29, 0.717) is 13.0 Å². The van der Waals surface area contributed by atoms with Gasteiger partial charge in [0.25, 0.3) is 5.91 Å².